The summed E-state index contributed by atoms with van der Waals surface area (Å²) in [6, 6.07) is 29.6. The second kappa shape index (κ2) is 12.5. The molecule has 1 saturated heterocycles. The lowest BCUT2D eigenvalue weighted by molar-refractivity contribution is -0.252. The summed E-state index contributed by atoms with van der Waals surface area (Å²) in [6.07, 6.45) is 0.350. The van der Waals surface area contributed by atoms with Crippen molar-refractivity contribution in [1.82, 2.24) is 9.97 Å². The van der Waals surface area contributed by atoms with Gasteiger partial charge in [0.15, 0.2) is 0 Å². The van der Waals surface area contributed by atoms with Gasteiger partial charge in [-0.2, -0.15) is 0 Å². The SMILES string of the molecule is CC[C@H]1O[C@@](O)(c2cnc(OCc3ccccc3)c(C)n2)[C@@H](OCc2ccccc2)C1OCc1ccccc1. The van der Waals surface area contributed by atoms with E-state index >= 15 is 0 Å². The van der Waals surface area contributed by atoms with Crippen LogP contribution in [0.15, 0.2) is 97.2 Å². The van der Waals surface area contributed by atoms with E-state index in [9.17, 15) is 5.11 Å². The molecular weight excluding hydrogens is 492 g/mol. The number of hydrogen-bond donors (Lipinski definition) is 1. The van der Waals surface area contributed by atoms with E-state index in [-0.39, 0.29) is 12.3 Å². The molecule has 202 valence electrons. The summed E-state index contributed by atoms with van der Waals surface area (Å²) in [5.41, 5.74) is 3.84. The first kappa shape index (κ1) is 27.0. The second-order valence-electron chi connectivity index (χ2n) is 9.66. The predicted molar refractivity (Wildman–Crippen MR) is 147 cm³/mol. The first-order chi connectivity index (χ1) is 19.1. The van der Waals surface area contributed by atoms with E-state index in [4.69, 9.17) is 18.9 Å². The van der Waals surface area contributed by atoms with Crippen LogP contribution in [0, 0.1) is 6.92 Å². The Balaban J connectivity index is 1.40. The van der Waals surface area contributed by atoms with Crippen molar-refractivity contribution in [2.45, 2.75) is 64.2 Å². The van der Waals surface area contributed by atoms with Crippen LogP contribution in [-0.2, 0) is 39.8 Å². The van der Waals surface area contributed by atoms with Crippen molar-refractivity contribution >= 4 is 0 Å². The van der Waals surface area contributed by atoms with E-state index < -0.39 is 24.1 Å². The van der Waals surface area contributed by atoms with Crippen molar-refractivity contribution in [2.75, 3.05) is 0 Å². The average Bonchev–Trinajstić information content (AvgIpc) is 3.27. The van der Waals surface area contributed by atoms with Gasteiger partial charge < -0.3 is 24.1 Å². The lowest BCUT2D eigenvalue weighted by atomic mass is 10.0. The van der Waals surface area contributed by atoms with Crippen molar-refractivity contribution in [2.24, 2.45) is 0 Å². The number of aliphatic hydroxyl groups is 1. The number of benzene rings is 3. The minimum absolute atomic E-state index is 0.259. The lowest BCUT2D eigenvalue weighted by Crippen LogP contribution is -2.44. The molecule has 0 bridgehead atoms. The van der Waals surface area contributed by atoms with Gasteiger partial charge in [-0.15, -0.1) is 0 Å². The third-order valence-corrected chi connectivity index (χ3v) is 6.83. The second-order valence-corrected chi connectivity index (χ2v) is 9.66. The van der Waals surface area contributed by atoms with Crippen LogP contribution in [0.5, 0.6) is 5.88 Å². The monoisotopic (exact) mass is 526 g/mol. The molecule has 4 atom stereocenters. The summed E-state index contributed by atoms with van der Waals surface area (Å²) in [5, 5.41) is 12.0. The van der Waals surface area contributed by atoms with E-state index in [0.717, 1.165) is 16.7 Å². The molecule has 0 amide bonds. The van der Waals surface area contributed by atoms with Crippen LogP contribution in [0.3, 0.4) is 0 Å². The van der Waals surface area contributed by atoms with Crippen LogP contribution in [0.2, 0.25) is 0 Å². The predicted octanol–water partition coefficient (Wildman–Crippen LogP) is 5.49. The Morgan fingerprint density at radius 3 is 1.87 bits per heavy atom. The minimum atomic E-state index is -1.85. The van der Waals surface area contributed by atoms with Crippen molar-refractivity contribution < 1.29 is 24.1 Å². The molecule has 0 saturated carbocycles. The Bertz CT molecular complexity index is 1320. The molecule has 5 rings (SSSR count). The fraction of sp³-hybridized carbons (Fsp3) is 0.312. The van der Waals surface area contributed by atoms with Crippen LogP contribution in [-0.4, -0.2) is 33.4 Å². The molecule has 1 aliphatic heterocycles. The Kier molecular flexibility index (Phi) is 8.64. The first-order valence-electron chi connectivity index (χ1n) is 13.3. The highest BCUT2D eigenvalue weighted by Crippen LogP contribution is 2.42. The molecule has 7 nitrogen and oxygen atoms in total. The van der Waals surface area contributed by atoms with Crippen molar-refractivity contribution in [3.63, 3.8) is 0 Å². The van der Waals surface area contributed by atoms with Crippen LogP contribution >= 0.6 is 0 Å². The summed E-state index contributed by atoms with van der Waals surface area (Å²) in [6.45, 7) is 4.82. The highest BCUT2D eigenvalue weighted by Gasteiger charge is 2.57. The molecule has 1 fully saturated rings. The molecule has 1 aromatic heterocycles. The van der Waals surface area contributed by atoms with Gasteiger partial charge in [0.05, 0.1) is 31.2 Å². The number of nitrogens with zero attached hydrogens (tertiary/aromatic N) is 2. The number of hydrogen-bond acceptors (Lipinski definition) is 7. The van der Waals surface area contributed by atoms with Crippen LogP contribution in [0.1, 0.15) is 41.4 Å². The maximum atomic E-state index is 12.0. The van der Waals surface area contributed by atoms with Gasteiger partial charge in [-0.1, -0.05) is 97.9 Å². The summed E-state index contributed by atoms with van der Waals surface area (Å²) in [4.78, 5) is 9.15. The molecule has 0 radical (unpaired) electrons. The fourth-order valence-electron chi connectivity index (χ4n) is 4.74. The topological polar surface area (TPSA) is 82.9 Å². The Morgan fingerprint density at radius 1 is 0.795 bits per heavy atom. The Hall–Kier alpha value is -3.62. The van der Waals surface area contributed by atoms with Crippen LogP contribution in [0.25, 0.3) is 0 Å². The highest BCUT2D eigenvalue weighted by molar-refractivity contribution is 5.24. The molecule has 39 heavy (non-hydrogen) atoms. The van der Waals surface area contributed by atoms with Gasteiger partial charge in [-0.05, 0) is 30.0 Å². The van der Waals surface area contributed by atoms with Gasteiger partial charge in [0, 0.05) is 0 Å². The van der Waals surface area contributed by atoms with Crippen molar-refractivity contribution in [1.29, 1.82) is 0 Å². The molecule has 7 heteroatoms. The van der Waals surface area contributed by atoms with E-state index in [2.05, 4.69) is 9.97 Å². The fourth-order valence-corrected chi connectivity index (χ4v) is 4.74. The molecule has 1 aliphatic rings. The van der Waals surface area contributed by atoms with E-state index in [1.165, 1.54) is 6.20 Å². The Labute approximate surface area is 229 Å². The largest absolute Gasteiger partial charge is 0.472 e. The maximum Gasteiger partial charge on any atom is 0.241 e. The van der Waals surface area contributed by atoms with E-state index in [0.29, 0.717) is 31.2 Å². The summed E-state index contributed by atoms with van der Waals surface area (Å²) < 4.78 is 24.9. The van der Waals surface area contributed by atoms with Gasteiger partial charge in [-0.3, -0.25) is 0 Å². The van der Waals surface area contributed by atoms with Crippen molar-refractivity contribution in [3.8, 4) is 5.88 Å². The summed E-state index contributed by atoms with van der Waals surface area (Å²) in [7, 11) is 0. The van der Waals surface area contributed by atoms with E-state index in [1.54, 1.807) is 6.92 Å². The van der Waals surface area contributed by atoms with Gasteiger partial charge >= 0.3 is 0 Å². The molecular formula is C32H34N2O5. The maximum absolute atomic E-state index is 12.0. The molecule has 4 aromatic rings. The average molecular weight is 527 g/mol. The zero-order chi connectivity index (χ0) is 27.1. The number of rotatable bonds is 11. The van der Waals surface area contributed by atoms with Gasteiger partial charge in [0.2, 0.25) is 11.7 Å². The third kappa shape index (κ3) is 6.34. The number of aryl methyl sites for hydroxylation is 1. The Morgan fingerprint density at radius 2 is 1.33 bits per heavy atom. The van der Waals surface area contributed by atoms with Gasteiger partial charge in [0.25, 0.3) is 0 Å². The zero-order valence-electron chi connectivity index (χ0n) is 22.3. The lowest BCUT2D eigenvalue weighted by Gasteiger charge is -2.30. The molecule has 3 aromatic carbocycles. The molecule has 2 heterocycles. The normalized spacial score (nSPS) is 22.6. The standard InChI is InChI=1S/C32H34N2O5/c1-3-27-29(36-20-24-13-7-4-8-14-24)30(37-21-25-15-9-5-10-16-25)32(35,39-27)28-19-33-31(23(2)34-28)38-22-26-17-11-6-12-18-26/h4-19,27,29-30,35H,3,20-22H2,1-2H3/t27-,29?,30+,32+/m1/s1. The molecule has 1 unspecified atom stereocenters. The zero-order valence-corrected chi connectivity index (χ0v) is 22.3. The van der Waals surface area contributed by atoms with Gasteiger partial charge in [0.1, 0.15) is 24.5 Å². The number of ether oxygens (including phenoxy) is 4. The molecule has 0 aliphatic carbocycles. The first-order valence-corrected chi connectivity index (χ1v) is 13.3. The summed E-state index contributed by atoms with van der Waals surface area (Å²) in [5.74, 6) is -1.46. The van der Waals surface area contributed by atoms with Crippen LogP contribution in [0.4, 0.5) is 0 Å². The van der Waals surface area contributed by atoms with E-state index in [1.807, 2.05) is 97.9 Å². The quantitative estimate of drug-likeness (QED) is 0.277. The third-order valence-electron chi connectivity index (χ3n) is 6.83. The minimum Gasteiger partial charge on any atom is -0.472 e. The molecule has 1 N–H and O–H groups in total. The summed E-state index contributed by atoms with van der Waals surface area (Å²) >= 11 is 0. The smallest absolute Gasteiger partial charge is 0.241 e. The van der Waals surface area contributed by atoms with Crippen molar-refractivity contribution in [3.05, 3.63) is 125 Å². The molecule has 0 spiro atoms. The van der Waals surface area contributed by atoms with Crippen LogP contribution < -0.4 is 4.74 Å². The highest BCUT2D eigenvalue weighted by atomic mass is 16.7. The van der Waals surface area contributed by atoms with Gasteiger partial charge in [-0.25, -0.2) is 9.97 Å². The number of aromatic nitrogens is 2.